The van der Waals surface area contributed by atoms with Crippen molar-refractivity contribution in [3.63, 3.8) is 0 Å². The highest BCUT2D eigenvalue weighted by molar-refractivity contribution is 9.10. The Bertz CT molecular complexity index is 719. The summed E-state index contributed by atoms with van der Waals surface area (Å²) in [6.07, 6.45) is 3.83. The molecule has 0 aromatic heterocycles. The summed E-state index contributed by atoms with van der Waals surface area (Å²) < 4.78 is 6.69. The SMILES string of the molecule is CC(C)=CC[C@@]12CCN(C(=O)OC(C)(C)C)[C@@H]1Nc1cc(Br)ccc12. The number of benzene rings is 1. The number of carbonyl (C=O) groups excluding carboxylic acids is 1. The molecule has 1 saturated heterocycles. The monoisotopic (exact) mass is 406 g/mol. The van der Waals surface area contributed by atoms with E-state index in [1.807, 2.05) is 25.7 Å². The molecule has 1 aromatic carbocycles. The molecule has 1 aromatic rings. The lowest BCUT2D eigenvalue weighted by Crippen LogP contribution is -2.47. The summed E-state index contributed by atoms with van der Waals surface area (Å²) in [6, 6.07) is 6.37. The average molecular weight is 407 g/mol. The van der Waals surface area contributed by atoms with Gasteiger partial charge in [0.2, 0.25) is 0 Å². The van der Waals surface area contributed by atoms with E-state index in [0.717, 1.165) is 23.0 Å². The zero-order valence-electron chi connectivity index (χ0n) is 15.6. The summed E-state index contributed by atoms with van der Waals surface area (Å²) in [6.45, 7) is 10.7. The average Bonchev–Trinajstić information content (AvgIpc) is 2.96. The maximum atomic E-state index is 12.7. The number of rotatable bonds is 2. The van der Waals surface area contributed by atoms with Crippen LogP contribution in [0.4, 0.5) is 10.5 Å². The van der Waals surface area contributed by atoms with Gasteiger partial charge in [0, 0.05) is 22.1 Å². The van der Waals surface area contributed by atoms with Crippen LogP contribution in [-0.2, 0) is 10.2 Å². The van der Waals surface area contributed by atoms with Crippen molar-refractivity contribution >= 4 is 27.7 Å². The number of halogens is 1. The minimum absolute atomic E-state index is 0.0674. The van der Waals surface area contributed by atoms with E-state index in [4.69, 9.17) is 4.74 Å². The van der Waals surface area contributed by atoms with Crippen LogP contribution in [0, 0.1) is 0 Å². The Balaban J connectivity index is 1.97. The fourth-order valence-corrected chi connectivity index (χ4v) is 4.19. The Hall–Kier alpha value is -1.49. The smallest absolute Gasteiger partial charge is 0.411 e. The van der Waals surface area contributed by atoms with Crippen LogP contribution in [-0.4, -0.2) is 29.3 Å². The Labute approximate surface area is 158 Å². The fraction of sp³-hybridized carbons (Fsp3) is 0.550. The maximum absolute atomic E-state index is 12.7. The molecule has 2 heterocycles. The zero-order valence-corrected chi connectivity index (χ0v) is 17.2. The molecular formula is C20H27BrN2O2. The number of nitrogens with zero attached hydrogens (tertiary/aromatic N) is 1. The van der Waals surface area contributed by atoms with E-state index in [9.17, 15) is 4.79 Å². The van der Waals surface area contributed by atoms with Crippen molar-refractivity contribution < 1.29 is 9.53 Å². The van der Waals surface area contributed by atoms with Gasteiger partial charge in [-0.2, -0.15) is 0 Å². The van der Waals surface area contributed by atoms with Crippen LogP contribution in [0.25, 0.3) is 0 Å². The molecule has 0 unspecified atom stereocenters. The topological polar surface area (TPSA) is 41.6 Å². The second-order valence-electron chi connectivity index (χ2n) is 8.30. The van der Waals surface area contributed by atoms with Gasteiger partial charge in [-0.1, -0.05) is 33.6 Å². The normalized spacial score (nSPS) is 24.4. The number of hydrogen-bond acceptors (Lipinski definition) is 3. The van der Waals surface area contributed by atoms with Gasteiger partial charge in [0.05, 0.1) is 0 Å². The van der Waals surface area contributed by atoms with Crippen molar-refractivity contribution in [2.75, 3.05) is 11.9 Å². The third-order valence-corrected chi connectivity index (χ3v) is 5.44. The molecule has 1 amide bonds. The number of carbonyl (C=O) groups is 1. The van der Waals surface area contributed by atoms with E-state index >= 15 is 0 Å². The maximum Gasteiger partial charge on any atom is 0.411 e. The summed E-state index contributed by atoms with van der Waals surface area (Å²) in [7, 11) is 0. The van der Waals surface area contributed by atoms with Gasteiger partial charge in [0.15, 0.2) is 0 Å². The lowest BCUT2D eigenvalue weighted by atomic mass is 9.76. The first-order valence-electron chi connectivity index (χ1n) is 8.82. The molecule has 5 heteroatoms. The van der Waals surface area contributed by atoms with E-state index in [1.54, 1.807) is 0 Å². The molecule has 0 spiro atoms. The van der Waals surface area contributed by atoms with Crippen LogP contribution in [0.3, 0.4) is 0 Å². The predicted octanol–water partition coefficient (Wildman–Crippen LogP) is 5.44. The molecule has 3 rings (SSSR count). The first kappa shape index (κ1) is 18.3. The summed E-state index contributed by atoms with van der Waals surface area (Å²) in [5, 5.41) is 3.58. The van der Waals surface area contributed by atoms with Gasteiger partial charge in [0.1, 0.15) is 11.8 Å². The molecule has 136 valence electrons. The van der Waals surface area contributed by atoms with E-state index in [-0.39, 0.29) is 17.7 Å². The Morgan fingerprint density at radius 1 is 1.44 bits per heavy atom. The van der Waals surface area contributed by atoms with Crippen molar-refractivity contribution in [2.45, 2.75) is 64.6 Å². The molecule has 4 nitrogen and oxygen atoms in total. The quantitative estimate of drug-likeness (QED) is 0.665. The van der Waals surface area contributed by atoms with Crippen LogP contribution >= 0.6 is 15.9 Å². The van der Waals surface area contributed by atoms with Gasteiger partial charge in [-0.25, -0.2) is 4.79 Å². The Morgan fingerprint density at radius 2 is 2.16 bits per heavy atom. The van der Waals surface area contributed by atoms with Gasteiger partial charge >= 0.3 is 6.09 Å². The summed E-state index contributed by atoms with van der Waals surface area (Å²) in [4.78, 5) is 14.6. The van der Waals surface area contributed by atoms with E-state index < -0.39 is 5.60 Å². The van der Waals surface area contributed by atoms with Crippen LogP contribution < -0.4 is 5.32 Å². The largest absolute Gasteiger partial charge is 0.444 e. The van der Waals surface area contributed by atoms with Crippen molar-refractivity contribution in [1.82, 2.24) is 4.90 Å². The van der Waals surface area contributed by atoms with Crippen LogP contribution in [0.5, 0.6) is 0 Å². The van der Waals surface area contributed by atoms with E-state index in [1.165, 1.54) is 11.1 Å². The van der Waals surface area contributed by atoms with Crippen LogP contribution in [0.15, 0.2) is 34.3 Å². The van der Waals surface area contributed by atoms with Crippen molar-refractivity contribution in [2.24, 2.45) is 0 Å². The first-order chi connectivity index (χ1) is 11.6. The number of likely N-dealkylation sites (tertiary alicyclic amines) is 1. The van der Waals surface area contributed by atoms with Gasteiger partial charge in [-0.05, 0) is 65.2 Å². The first-order valence-corrected chi connectivity index (χ1v) is 9.61. The third-order valence-electron chi connectivity index (χ3n) is 4.95. The van der Waals surface area contributed by atoms with Crippen LogP contribution in [0.1, 0.15) is 53.0 Å². The summed E-state index contributed by atoms with van der Waals surface area (Å²) >= 11 is 3.55. The number of allylic oxidation sites excluding steroid dienone is 2. The fourth-order valence-electron chi connectivity index (χ4n) is 3.83. The molecule has 25 heavy (non-hydrogen) atoms. The van der Waals surface area contributed by atoms with Gasteiger partial charge in [-0.15, -0.1) is 0 Å². The minimum atomic E-state index is -0.489. The van der Waals surface area contributed by atoms with E-state index in [0.29, 0.717) is 6.54 Å². The molecule has 1 N–H and O–H groups in total. The highest BCUT2D eigenvalue weighted by Crippen LogP contribution is 2.52. The highest BCUT2D eigenvalue weighted by atomic mass is 79.9. The molecule has 0 bridgehead atoms. The molecule has 2 aliphatic heterocycles. The molecular weight excluding hydrogens is 380 g/mol. The number of hydrogen-bond donors (Lipinski definition) is 1. The zero-order chi connectivity index (χ0) is 18.4. The lowest BCUT2D eigenvalue weighted by Gasteiger charge is -2.33. The van der Waals surface area contributed by atoms with Gasteiger partial charge in [-0.3, -0.25) is 4.90 Å². The number of ether oxygens (including phenoxy) is 1. The molecule has 1 fully saturated rings. The van der Waals surface area contributed by atoms with E-state index in [2.05, 4.69) is 59.4 Å². The molecule has 2 aliphatic rings. The highest BCUT2D eigenvalue weighted by Gasteiger charge is 2.55. The third kappa shape index (κ3) is 3.43. The summed E-state index contributed by atoms with van der Waals surface area (Å²) in [5.41, 5.74) is 3.12. The number of nitrogens with one attached hydrogen (secondary N) is 1. The second kappa shape index (κ2) is 6.35. The van der Waals surface area contributed by atoms with Crippen LogP contribution in [0.2, 0.25) is 0 Å². The minimum Gasteiger partial charge on any atom is -0.444 e. The molecule has 0 radical (unpaired) electrons. The lowest BCUT2D eigenvalue weighted by molar-refractivity contribution is 0.0226. The van der Waals surface area contributed by atoms with Gasteiger partial charge < -0.3 is 10.1 Å². The second-order valence-corrected chi connectivity index (χ2v) is 9.22. The van der Waals surface area contributed by atoms with Crippen molar-refractivity contribution in [3.8, 4) is 0 Å². The number of amides is 1. The Morgan fingerprint density at radius 3 is 2.80 bits per heavy atom. The van der Waals surface area contributed by atoms with Crippen molar-refractivity contribution in [3.05, 3.63) is 39.9 Å². The summed E-state index contributed by atoms with van der Waals surface area (Å²) in [5.74, 6) is 0. The number of anilines is 1. The molecule has 0 aliphatic carbocycles. The number of fused-ring (bicyclic) bond motifs is 3. The Kier molecular flexibility index (Phi) is 4.65. The standard InChI is InChI=1S/C20H27BrN2O2/c1-13(2)8-9-20-10-11-23(18(24)25-19(3,4)5)17(20)22-16-12-14(21)6-7-15(16)20/h6-8,12,17,22H,9-11H2,1-5H3/t17-,20-/m0/s1. The predicted molar refractivity (Wildman–Crippen MR) is 105 cm³/mol. The van der Waals surface area contributed by atoms with Crippen molar-refractivity contribution in [1.29, 1.82) is 0 Å². The molecule has 0 saturated carbocycles. The molecule has 2 atom stereocenters. The van der Waals surface area contributed by atoms with Gasteiger partial charge in [0.25, 0.3) is 0 Å².